The molecular weight excluding hydrogens is 252 g/mol. The molecule has 0 bridgehead atoms. The van der Waals surface area contributed by atoms with Gasteiger partial charge >= 0.3 is 0 Å². The number of thiazole rings is 1. The van der Waals surface area contributed by atoms with Crippen molar-refractivity contribution in [3.63, 3.8) is 0 Å². The summed E-state index contributed by atoms with van der Waals surface area (Å²) in [5, 5.41) is 7.27. The molecule has 1 heterocycles. The first kappa shape index (κ1) is 14.8. The van der Waals surface area contributed by atoms with E-state index in [4.69, 9.17) is 5.73 Å². The molecular formula is C8H13ClN4O2S. The molecule has 0 atom stereocenters. The highest BCUT2D eigenvalue weighted by Gasteiger charge is 2.06. The van der Waals surface area contributed by atoms with Gasteiger partial charge in [0, 0.05) is 5.38 Å². The van der Waals surface area contributed by atoms with E-state index >= 15 is 0 Å². The second kappa shape index (κ2) is 7.15. The predicted octanol–water partition coefficient (Wildman–Crippen LogP) is -0.113. The van der Waals surface area contributed by atoms with Crippen LogP contribution in [0, 0.1) is 6.92 Å². The zero-order valence-electron chi connectivity index (χ0n) is 8.65. The summed E-state index contributed by atoms with van der Waals surface area (Å²) in [6.07, 6.45) is 0. The number of carbonyl (C=O) groups is 2. The molecule has 2 amide bonds. The van der Waals surface area contributed by atoms with Crippen molar-refractivity contribution in [2.24, 2.45) is 5.73 Å². The maximum Gasteiger partial charge on any atom is 0.245 e. The molecule has 0 unspecified atom stereocenters. The highest BCUT2D eigenvalue weighted by atomic mass is 35.5. The minimum atomic E-state index is -0.361. The zero-order chi connectivity index (χ0) is 11.3. The average molecular weight is 265 g/mol. The van der Waals surface area contributed by atoms with Crippen molar-refractivity contribution < 1.29 is 9.59 Å². The van der Waals surface area contributed by atoms with Crippen LogP contribution in [0.25, 0.3) is 0 Å². The summed E-state index contributed by atoms with van der Waals surface area (Å²) in [4.78, 5) is 26.0. The van der Waals surface area contributed by atoms with Gasteiger partial charge in [0.1, 0.15) is 0 Å². The molecule has 4 N–H and O–H groups in total. The van der Waals surface area contributed by atoms with Crippen molar-refractivity contribution in [2.45, 2.75) is 6.92 Å². The molecule has 90 valence electrons. The SMILES string of the molecule is Cc1csc(NC(=O)CNC(=O)CN)n1.Cl. The fourth-order valence-electron chi connectivity index (χ4n) is 0.826. The Balaban J connectivity index is 0.00000225. The highest BCUT2D eigenvalue weighted by Crippen LogP contribution is 2.13. The Morgan fingerprint density at radius 2 is 2.19 bits per heavy atom. The van der Waals surface area contributed by atoms with Crippen molar-refractivity contribution in [1.82, 2.24) is 10.3 Å². The number of amides is 2. The predicted molar refractivity (Wildman–Crippen MR) is 64.8 cm³/mol. The Kier molecular flexibility index (Phi) is 6.63. The lowest BCUT2D eigenvalue weighted by atomic mass is 10.5. The van der Waals surface area contributed by atoms with E-state index in [1.165, 1.54) is 11.3 Å². The number of nitrogens with one attached hydrogen (secondary N) is 2. The number of anilines is 1. The third-order valence-corrected chi connectivity index (χ3v) is 2.37. The molecule has 6 nitrogen and oxygen atoms in total. The monoisotopic (exact) mass is 264 g/mol. The molecule has 0 aromatic carbocycles. The second-order valence-electron chi connectivity index (χ2n) is 2.82. The van der Waals surface area contributed by atoms with Gasteiger partial charge in [-0.15, -0.1) is 23.7 Å². The Morgan fingerprint density at radius 3 is 2.69 bits per heavy atom. The molecule has 0 fully saturated rings. The summed E-state index contributed by atoms with van der Waals surface area (Å²) >= 11 is 1.34. The van der Waals surface area contributed by atoms with Crippen LogP contribution in [0.2, 0.25) is 0 Å². The number of hydrogen-bond acceptors (Lipinski definition) is 5. The number of rotatable bonds is 4. The molecule has 0 aliphatic heterocycles. The maximum absolute atomic E-state index is 11.2. The number of carbonyl (C=O) groups excluding carboxylic acids is 2. The van der Waals surface area contributed by atoms with Crippen molar-refractivity contribution in [3.05, 3.63) is 11.1 Å². The summed E-state index contributed by atoms with van der Waals surface area (Å²) in [6, 6.07) is 0. The Labute approximate surface area is 103 Å². The molecule has 0 radical (unpaired) electrons. The van der Waals surface area contributed by atoms with E-state index in [0.717, 1.165) is 5.69 Å². The van der Waals surface area contributed by atoms with Crippen LogP contribution in [0.4, 0.5) is 5.13 Å². The minimum Gasteiger partial charge on any atom is -0.346 e. The van der Waals surface area contributed by atoms with Gasteiger partial charge in [-0.2, -0.15) is 0 Å². The molecule has 1 aromatic rings. The lowest BCUT2D eigenvalue weighted by molar-refractivity contribution is -0.123. The van der Waals surface area contributed by atoms with Crippen molar-refractivity contribution >= 4 is 40.7 Å². The third-order valence-electron chi connectivity index (χ3n) is 1.50. The number of nitrogens with two attached hydrogens (primary N) is 1. The van der Waals surface area contributed by atoms with E-state index < -0.39 is 0 Å². The van der Waals surface area contributed by atoms with Gasteiger partial charge in [0.25, 0.3) is 0 Å². The Morgan fingerprint density at radius 1 is 1.50 bits per heavy atom. The largest absolute Gasteiger partial charge is 0.346 e. The molecule has 0 saturated heterocycles. The first-order valence-electron chi connectivity index (χ1n) is 4.30. The van der Waals surface area contributed by atoms with E-state index in [9.17, 15) is 9.59 Å². The average Bonchev–Trinajstić information content (AvgIpc) is 2.60. The van der Waals surface area contributed by atoms with Crippen molar-refractivity contribution in [1.29, 1.82) is 0 Å². The van der Waals surface area contributed by atoms with Crippen molar-refractivity contribution in [2.75, 3.05) is 18.4 Å². The second-order valence-corrected chi connectivity index (χ2v) is 3.68. The fraction of sp³-hybridized carbons (Fsp3) is 0.375. The summed E-state index contributed by atoms with van der Waals surface area (Å²) in [5.41, 5.74) is 5.91. The third kappa shape index (κ3) is 5.06. The summed E-state index contributed by atoms with van der Waals surface area (Å²) in [7, 11) is 0. The van der Waals surface area contributed by atoms with Gasteiger partial charge in [-0.3, -0.25) is 9.59 Å². The van der Waals surface area contributed by atoms with E-state index in [-0.39, 0.29) is 37.3 Å². The van der Waals surface area contributed by atoms with Crippen LogP contribution in [-0.4, -0.2) is 29.9 Å². The Bertz CT molecular complexity index is 369. The van der Waals surface area contributed by atoms with E-state index in [0.29, 0.717) is 5.13 Å². The minimum absolute atomic E-state index is 0. The van der Waals surface area contributed by atoms with Crippen LogP contribution in [0.5, 0.6) is 0 Å². The molecule has 0 aliphatic rings. The van der Waals surface area contributed by atoms with Crippen LogP contribution in [-0.2, 0) is 9.59 Å². The summed E-state index contributed by atoms with van der Waals surface area (Å²) in [6.45, 7) is 1.63. The topological polar surface area (TPSA) is 97.1 Å². The van der Waals surface area contributed by atoms with E-state index in [1.54, 1.807) is 0 Å². The normalized spacial score (nSPS) is 9.12. The number of aryl methyl sites for hydroxylation is 1. The number of nitrogens with zero attached hydrogens (tertiary/aromatic N) is 1. The van der Waals surface area contributed by atoms with Gasteiger partial charge in [-0.1, -0.05) is 0 Å². The lowest BCUT2D eigenvalue weighted by Gasteiger charge is -2.02. The van der Waals surface area contributed by atoms with Gasteiger partial charge in [0.15, 0.2) is 5.13 Å². The first-order chi connectivity index (χ1) is 7.11. The summed E-state index contributed by atoms with van der Waals surface area (Å²) in [5.74, 6) is -0.674. The summed E-state index contributed by atoms with van der Waals surface area (Å²) < 4.78 is 0. The molecule has 0 spiro atoms. The van der Waals surface area contributed by atoms with Crippen LogP contribution in [0.15, 0.2) is 5.38 Å². The zero-order valence-corrected chi connectivity index (χ0v) is 10.3. The Hall–Kier alpha value is -1.18. The van der Waals surface area contributed by atoms with Crippen LogP contribution in [0.3, 0.4) is 0 Å². The highest BCUT2D eigenvalue weighted by molar-refractivity contribution is 7.13. The van der Waals surface area contributed by atoms with Crippen LogP contribution >= 0.6 is 23.7 Å². The van der Waals surface area contributed by atoms with Crippen molar-refractivity contribution in [3.8, 4) is 0 Å². The van der Waals surface area contributed by atoms with E-state index in [2.05, 4.69) is 15.6 Å². The molecule has 16 heavy (non-hydrogen) atoms. The number of hydrogen-bond donors (Lipinski definition) is 3. The van der Waals surface area contributed by atoms with Crippen LogP contribution < -0.4 is 16.4 Å². The smallest absolute Gasteiger partial charge is 0.245 e. The molecule has 0 saturated carbocycles. The number of aromatic nitrogens is 1. The maximum atomic E-state index is 11.2. The fourth-order valence-corrected chi connectivity index (χ4v) is 1.53. The van der Waals surface area contributed by atoms with Gasteiger partial charge in [-0.25, -0.2) is 4.98 Å². The molecule has 8 heteroatoms. The van der Waals surface area contributed by atoms with Gasteiger partial charge in [0.2, 0.25) is 11.8 Å². The molecule has 1 rings (SSSR count). The van der Waals surface area contributed by atoms with Gasteiger partial charge in [-0.05, 0) is 6.92 Å². The van der Waals surface area contributed by atoms with Gasteiger partial charge < -0.3 is 16.4 Å². The quantitative estimate of drug-likeness (QED) is 0.707. The molecule has 1 aromatic heterocycles. The van der Waals surface area contributed by atoms with Crippen LogP contribution in [0.1, 0.15) is 5.69 Å². The first-order valence-corrected chi connectivity index (χ1v) is 5.18. The van der Waals surface area contributed by atoms with Gasteiger partial charge in [0.05, 0.1) is 18.8 Å². The number of halogens is 1. The lowest BCUT2D eigenvalue weighted by Crippen LogP contribution is -2.36. The van der Waals surface area contributed by atoms with E-state index in [1.807, 2.05) is 12.3 Å². The standard InChI is InChI=1S/C8H12N4O2S.ClH/c1-5-4-15-8(11-5)12-7(14)3-10-6(13)2-9;/h4H,2-3,9H2,1H3,(H,10,13)(H,11,12,14);1H. The molecule has 0 aliphatic carbocycles.